The fourth-order valence-electron chi connectivity index (χ4n) is 1.34. The molecular weight excluding hydrogens is 315 g/mol. The first-order chi connectivity index (χ1) is 7.29. The van der Waals surface area contributed by atoms with E-state index in [0.29, 0.717) is 4.47 Å². The highest BCUT2D eigenvalue weighted by Gasteiger charge is 2.31. The second kappa shape index (κ2) is 6.09. The summed E-state index contributed by atoms with van der Waals surface area (Å²) in [5, 5.41) is 9.13. The largest absolute Gasteiger partial charge is 0.396 e. The molecule has 2 nitrogen and oxygen atoms in total. The van der Waals surface area contributed by atoms with Crippen LogP contribution in [-0.4, -0.2) is 11.7 Å². The van der Waals surface area contributed by atoms with Crippen LogP contribution >= 0.6 is 28.3 Å². The highest BCUT2D eigenvalue weighted by Crippen LogP contribution is 2.34. The molecule has 0 heterocycles. The summed E-state index contributed by atoms with van der Waals surface area (Å²) in [5.74, 6) is -1.41. The van der Waals surface area contributed by atoms with Crippen molar-refractivity contribution < 1.29 is 13.9 Å². The van der Waals surface area contributed by atoms with Gasteiger partial charge in [0.15, 0.2) is 0 Å². The standard InChI is InChI=1S/C11H14BrF2NO.ClH/c1-11(2,5-16)10(15)9-7(13)3-6(12)4-8(9)14;/h3-4,10,16H,5,15H2,1-2H3;1H/t10-;/m0./s1. The van der Waals surface area contributed by atoms with Crippen LogP contribution in [0.4, 0.5) is 8.78 Å². The van der Waals surface area contributed by atoms with E-state index in [4.69, 9.17) is 10.8 Å². The maximum Gasteiger partial charge on any atom is 0.132 e. The van der Waals surface area contributed by atoms with Crippen LogP contribution in [0.2, 0.25) is 0 Å². The van der Waals surface area contributed by atoms with Crippen LogP contribution in [0.3, 0.4) is 0 Å². The van der Waals surface area contributed by atoms with Crippen LogP contribution in [0.5, 0.6) is 0 Å². The summed E-state index contributed by atoms with van der Waals surface area (Å²) in [6.07, 6.45) is 0. The third kappa shape index (κ3) is 3.61. The van der Waals surface area contributed by atoms with E-state index >= 15 is 0 Å². The minimum atomic E-state index is -0.898. The first kappa shape index (κ1) is 16.8. The normalized spacial score (nSPS) is 13.1. The number of halogens is 4. The SMILES string of the molecule is CC(C)(CO)[C@@H](N)c1c(F)cc(Br)cc1F.Cl. The first-order valence-electron chi connectivity index (χ1n) is 4.80. The van der Waals surface area contributed by atoms with Crippen molar-refractivity contribution in [2.75, 3.05) is 6.61 Å². The molecular formula is C11H15BrClF2NO. The molecule has 0 spiro atoms. The highest BCUT2D eigenvalue weighted by molar-refractivity contribution is 9.10. The second-order valence-electron chi connectivity index (χ2n) is 4.41. The van der Waals surface area contributed by atoms with E-state index in [1.807, 2.05) is 0 Å². The van der Waals surface area contributed by atoms with Crippen molar-refractivity contribution in [1.29, 1.82) is 0 Å². The number of hydrogen-bond acceptors (Lipinski definition) is 2. The van der Waals surface area contributed by atoms with E-state index in [9.17, 15) is 8.78 Å². The van der Waals surface area contributed by atoms with Crippen LogP contribution in [0, 0.1) is 17.0 Å². The van der Waals surface area contributed by atoms with Gasteiger partial charge in [-0.05, 0) is 12.1 Å². The van der Waals surface area contributed by atoms with Gasteiger partial charge in [0.2, 0.25) is 0 Å². The fraction of sp³-hybridized carbons (Fsp3) is 0.455. The van der Waals surface area contributed by atoms with Crippen LogP contribution in [0.1, 0.15) is 25.5 Å². The van der Waals surface area contributed by atoms with Gasteiger partial charge in [-0.3, -0.25) is 0 Å². The third-order valence-electron chi connectivity index (χ3n) is 2.60. The van der Waals surface area contributed by atoms with Crippen LogP contribution in [0.15, 0.2) is 16.6 Å². The zero-order valence-electron chi connectivity index (χ0n) is 9.51. The Morgan fingerprint density at radius 1 is 1.35 bits per heavy atom. The molecule has 17 heavy (non-hydrogen) atoms. The van der Waals surface area contributed by atoms with Crippen LogP contribution in [-0.2, 0) is 0 Å². The fourth-order valence-corrected chi connectivity index (χ4v) is 1.74. The van der Waals surface area contributed by atoms with Gasteiger partial charge >= 0.3 is 0 Å². The van der Waals surface area contributed by atoms with Gasteiger partial charge in [-0.25, -0.2) is 8.78 Å². The lowest BCUT2D eigenvalue weighted by Crippen LogP contribution is -2.33. The van der Waals surface area contributed by atoms with E-state index < -0.39 is 23.1 Å². The molecule has 0 unspecified atom stereocenters. The molecule has 0 aliphatic carbocycles. The number of aliphatic hydroxyl groups excluding tert-OH is 1. The summed E-state index contributed by atoms with van der Waals surface area (Å²) in [5.41, 5.74) is 4.81. The molecule has 1 atom stereocenters. The maximum absolute atomic E-state index is 13.6. The molecule has 0 radical (unpaired) electrons. The predicted octanol–water partition coefficient (Wildman–Crippen LogP) is 3.17. The number of aliphatic hydroxyl groups is 1. The molecule has 0 aliphatic rings. The number of nitrogens with two attached hydrogens (primary N) is 1. The molecule has 0 saturated heterocycles. The Morgan fingerprint density at radius 3 is 2.12 bits per heavy atom. The van der Waals surface area contributed by atoms with Gasteiger partial charge in [-0.2, -0.15) is 0 Å². The zero-order chi connectivity index (χ0) is 12.5. The van der Waals surface area contributed by atoms with E-state index in [1.54, 1.807) is 13.8 Å². The lowest BCUT2D eigenvalue weighted by Gasteiger charge is -2.30. The van der Waals surface area contributed by atoms with Crippen molar-refractivity contribution in [3.05, 3.63) is 33.8 Å². The Labute approximate surface area is 114 Å². The highest BCUT2D eigenvalue weighted by atomic mass is 79.9. The number of rotatable bonds is 3. The van der Waals surface area contributed by atoms with Gasteiger partial charge in [-0.15, -0.1) is 12.4 Å². The Hall–Kier alpha value is -0.230. The first-order valence-corrected chi connectivity index (χ1v) is 5.60. The summed E-state index contributed by atoms with van der Waals surface area (Å²) in [6, 6.07) is 1.42. The minimum absolute atomic E-state index is 0. The van der Waals surface area contributed by atoms with E-state index in [0.717, 1.165) is 12.1 Å². The number of benzene rings is 1. The van der Waals surface area contributed by atoms with Crippen LogP contribution < -0.4 is 5.73 Å². The predicted molar refractivity (Wildman–Crippen MR) is 69.1 cm³/mol. The van der Waals surface area contributed by atoms with Gasteiger partial charge in [0.25, 0.3) is 0 Å². The van der Waals surface area contributed by atoms with Gasteiger partial charge in [0.05, 0.1) is 0 Å². The number of hydrogen-bond donors (Lipinski definition) is 2. The Morgan fingerprint density at radius 2 is 1.76 bits per heavy atom. The molecule has 0 aromatic heterocycles. The Kier molecular flexibility index (Phi) is 6.01. The zero-order valence-corrected chi connectivity index (χ0v) is 11.9. The molecule has 1 rings (SSSR count). The lowest BCUT2D eigenvalue weighted by molar-refractivity contribution is 0.129. The Bertz CT molecular complexity index is 378. The quantitative estimate of drug-likeness (QED) is 0.894. The molecule has 3 N–H and O–H groups in total. The second-order valence-corrected chi connectivity index (χ2v) is 5.32. The summed E-state index contributed by atoms with van der Waals surface area (Å²) in [7, 11) is 0. The molecule has 0 aliphatic heterocycles. The van der Waals surface area contributed by atoms with Crippen molar-refractivity contribution >= 4 is 28.3 Å². The van der Waals surface area contributed by atoms with Gasteiger partial charge in [-0.1, -0.05) is 29.8 Å². The smallest absolute Gasteiger partial charge is 0.132 e. The maximum atomic E-state index is 13.6. The van der Waals surface area contributed by atoms with E-state index in [1.165, 1.54) is 0 Å². The average molecular weight is 331 g/mol. The van der Waals surface area contributed by atoms with Crippen LogP contribution in [0.25, 0.3) is 0 Å². The average Bonchev–Trinajstić information content (AvgIpc) is 2.15. The van der Waals surface area contributed by atoms with Gasteiger partial charge < -0.3 is 10.8 Å². The van der Waals surface area contributed by atoms with E-state index in [2.05, 4.69) is 15.9 Å². The van der Waals surface area contributed by atoms with Crippen molar-refractivity contribution in [3.8, 4) is 0 Å². The minimum Gasteiger partial charge on any atom is -0.396 e. The topological polar surface area (TPSA) is 46.2 Å². The van der Waals surface area contributed by atoms with Gasteiger partial charge in [0.1, 0.15) is 11.6 Å². The van der Waals surface area contributed by atoms with Crippen molar-refractivity contribution in [3.63, 3.8) is 0 Å². The summed E-state index contributed by atoms with van der Waals surface area (Å²) in [4.78, 5) is 0. The molecule has 1 aromatic carbocycles. The Balaban J connectivity index is 0.00000256. The molecule has 0 bridgehead atoms. The lowest BCUT2D eigenvalue weighted by atomic mass is 9.81. The van der Waals surface area contributed by atoms with E-state index in [-0.39, 0.29) is 24.6 Å². The molecule has 0 fully saturated rings. The summed E-state index contributed by atoms with van der Waals surface area (Å²) in [6.45, 7) is 3.06. The molecule has 0 saturated carbocycles. The molecule has 0 amide bonds. The summed E-state index contributed by atoms with van der Waals surface area (Å²) >= 11 is 2.99. The summed E-state index contributed by atoms with van der Waals surface area (Å²) < 4.78 is 27.5. The van der Waals surface area contributed by atoms with Crippen molar-refractivity contribution in [2.24, 2.45) is 11.1 Å². The van der Waals surface area contributed by atoms with Crippen molar-refractivity contribution in [2.45, 2.75) is 19.9 Å². The molecule has 1 aromatic rings. The monoisotopic (exact) mass is 329 g/mol. The van der Waals surface area contributed by atoms with Gasteiger partial charge in [0, 0.05) is 28.1 Å². The van der Waals surface area contributed by atoms with Crippen molar-refractivity contribution in [1.82, 2.24) is 0 Å². The molecule has 98 valence electrons. The molecule has 6 heteroatoms. The third-order valence-corrected chi connectivity index (χ3v) is 3.06.